The molecule has 6 heteroatoms. The summed E-state index contributed by atoms with van der Waals surface area (Å²) in [4.78, 5) is 16.3. The average Bonchev–Trinajstić information content (AvgIpc) is 2.47. The molecule has 0 radical (unpaired) electrons. The first-order chi connectivity index (χ1) is 9.70. The van der Waals surface area contributed by atoms with Crippen LogP contribution in [0.4, 0.5) is 4.79 Å². The molecule has 5 nitrogen and oxygen atoms in total. The highest BCUT2D eigenvalue weighted by atomic mass is 79.9. The van der Waals surface area contributed by atoms with Gasteiger partial charge in [0.2, 0.25) is 0 Å². The second-order valence-corrected chi connectivity index (χ2v) is 5.72. The van der Waals surface area contributed by atoms with E-state index in [4.69, 9.17) is 5.73 Å². The molecule has 1 saturated heterocycles. The maximum absolute atomic E-state index is 12.1. The summed E-state index contributed by atoms with van der Waals surface area (Å²) >= 11 is 3.48. The van der Waals surface area contributed by atoms with E-state index in [1.165, 1.54) is 0 Å². The van der Waals surface area contributed by atoms with E-state index in [0.29, 0.717) is 13.1 Å². The summed E-state index contributed by atoms with van der Waals surface area (Å²) in [6.45, 7) is 5.47. The van der Waals surface area contributed by atoms with E-state index >= 15 is 0 Å². The van der Waals surface area contributed by atoms with Gasteiger partial charge in [-0.2, -0.15) is 0 Å². The first-order valence-electron chi connectivity index (χ1n) is 6.89. The number of urea groups is 1. The van der Waals surface area contributed by atoms with Gasteiger partial charge in [-0.3, -0.25) is 4.90 Å². The first-order valence-corrected chi connectivity index (χ1v) is 7.68. The third-order valence-corrected chi connectivity index (χ3v) is 4.27. The number of nitrogens with one attached hydrogen (secondary N) is 1. The predicted molar refractivity (Wildman–Crippen MR) is 83.4 cm³/mol. The van der Waals surface area contributed by atoms with E-state index < -0.39 is 0 Å². The molecule has 1 aromatic rings. The minimum atomic E-state index is 0.00755. The number of benzene rings is 1. The smallest absolute Gasteiger partial charge is 0.317 e. The molecule has 20 heavy (non-hydrogen) atoms. The molecule has 0 aromatic heterocycles. The molecule has 0 atom stereocenters. The number of carbonyl (C=O) groups is 1. The molecule has 0 aliphatic carbocycles. The van der Waals surface area contributed by atoms with Crippen molar-refractivity contribution < 1.29 is 4.79 Å². The highest BCUT2D eigenvalue weighted by molar-refractivity contribution is 9.10. The number of hydrogen-bond donors (Lipinski definition) is 2. The Bertz CT molecular complexity index is 447. The lowest BCUT2D eigenvalue weighted by molar-refractivity contribution is 0.141. The summed E-state index contributed by atoms with van der Waals surface area (Å²) in [5.74, 6) is 0. The van der Waals surface area contributed by atoms with E-state index in [0.717, 1.165) is 42.8 Å². The highest BCUT2D eigenvalue weighted by Gasteiger charge is 2.20. The van der Waals surface area contributed by atoms with E-state index in [1.807, 2.05) is 29.2 Å². The van der Waals surface area contributed by atoms with Crippen LogP contribution in [0, 0.1) is 0 Å². The Morgan fingerprint density at radius 2 is 1.95 bits per heavy atom. The number of nitrogens with zero attached hydrogens (tertiary/aromatic N) is 2. The van der Waals surface area contributed by atoms with Gasteiger partial charge in [0.05, 0.1) is 0 Å². The molecule has 0 bridgehead atoms. The van der Waals surface area contributed by atoms with Crippen molar-refractivity contribution in [2.75, 3.05) is 39.3 Å². The third kappa shape index (κ3) is 4.19. The van der Waals surface area contributed by atoms with Crippen LogP contribution in [0.25, 0.3) is 0 Å². The van der Waals surface area contributed by atoms with Gasteiger partial charge in [0.25, 0.3) is 0 Å². The monoisotopic (exact) mass is 340 g/mol. The highest BCUT2D eigenvalue weighted by Crippen LogP contribution is 2.15. The minimum absolute atomic E-state index is 0.00755. The minimum Gasteiger partial charge on any atom is -0.334 e. The van der Waals surface area contributed by atoms with E-state index in [2.05, 4.69) is 26.1 Å². The molecular weight excluding hydrogens is 320 g/mol. The Morgan fingerprint density at radius 1 is 1.25 bits per heavy atom. The maximum atomic E-state index is 12.1. The Labute approximate surface area is 128 Å². The van der Waals surface area contributed by atoms with Crippen molar-refractivity contribution in [3.63, 3.8) is 0 Å². The fourth-order valence-corrected chi connectivity index (χ4v) is 2.71. The summed E-state index contributed by atoms with van der Waals surface area (Å²) in [6.07, 6.45) is 0. The molecule has 1 fully saturated rings. The number of carbonyl (C=O) groups excluding carboxylic acids is 1. The topological polar surface area (TPSA) is 61.6 Å². The summed E-state index contributed by atoms with van der Waals surface area (Å²) in [5.41, 5.74) is 6.63. The molecule has 2 rings (SSSR count). The Hall–Kier alpha value is -1.11. The second-order valence-electron chi connectivity index (χ2n) is 4.87. The Morgan fingerprint density at radius 3 is 2.60 bits per heavy atom. The SMILES string of the molecule is NCCN1CCN(C(=O)NCc2ccccc2Br)CC1. The zero-order valence-electron chi connectivity index (χ0n) is 11.5. The van der Waals surface area contributed by atoms with Crippen molar-refractivity contribution in [3.8, 4) is 0 Å². The van der Waals surface area contributed by atoms with Gasteiger partial charge in [0.15, 0.2) is 0 Å². The molecular formula is C14H21BrN4O. The fraction of sp³-hybridized carbons (Fsp3) is 0.500. The molecule has 0 saturated carbocycles. The normalized spacial score (nSPS) is 16.2. The molecule has 1 aromatic carbocycles. The van der Waals surface area contributed by atoms with Crippen molar-refractivity contribution in [2.45, 2.75) is 6.54 Å². The molecule has 110 valence electrons. The summed E-state index contributed by atoms with van der Waals surface area (Å²) in [5, 5.41) is 2.97. The van der Waals surface area contributed by atoms with Crippen molar-refractivity contribution in [1.29, 1.82) is 0 Å². The molecule has 1 aliphatic rings. The molecule has 0 spiro atoms. The lowest BCUT2D eigenvalue weighted by Crippen LogP contribution is -2.52. The van der Waals surface area contributed by atoms with Crippen LogP contribution >= 0.6 is 15.9 Å². The van der Waals surface area contributed by atoms with Crippen molar-refractivity contribution in [1.82, 2.24) is 15.1 Å². The Kier molecular flexibility index (Phi) is 5.82. The average molecular weight is 341 g/mol. The molecule has 3 N–H and O–H groups in total. The van der Waals surface area contributed by atoms with Crippen LogP contribution in [0.15, 0.2) is 28.7 Å². The van der Waals surface area contributed by atoms with Crippen LogP contribution in [0.3, 0.4) is 0 Å². The number of piperazine rings is 1. The zero-order chi connectivity index (χ0) is 14.4. The number of hydrogen-bond acceptors (Lipinski definition) is 3. The first kappa shape index (κ1) is 15.3. The van der Waals surface area contributed by atoms with E-state index in [9.17, 15) is 4.79 Å². The number of amides is 2. The van der Waals surface area contributed by atoms with Crippen LogP contribution in [-0.2, 0) is 6.54 Å². The number of halogens is 1. The van der Waals surface area contributed by atoms with Gasteiger partial charge in [0.1, 0.15) is 0 Å². The lowest BCUT2D eigenvalue weighted by atomic mass is 10.2. The van der Waals surface area contributed by atoms with Crippen molar-refractivity contribution in [3.05, 3.63) is 34.3 Å². The molecule has 2 amide bonds. The van der Waals surface area contributed by atoms with Crippen LogP contribution in [-0.4, -0.2) is 55.1 Å². The maximum Gasteiger partial charge on any atom is 0.317 e. The summed E-state index contributed by atoms with van der Waals surface area (Å²) < 4.78 is 1.02. The number of rotatable bonds is 4. The predicted octanol–water partition coefficient (Wildman–Crippen LogP) is 1.24. The quantitative estimate of drug-likeness (QED) is 0.866. The van der Waals surface area contributed by atoms with Gasteiger partial charge < -0.3 is 16.0 Å². The summed E-state index contributed by atoms with van der Waals surface area (Å²) in [7, 11) is 0. The van der Waals surface area contributed by atoms with E-state index in [1.54, 1.807) is 0 Å². The van der Waals surface area contributed by atoms with Crippen LogP contribution in [0.5, 0.6) is 0 Å². The third-order valence-electron chi connectivity index (χ3n) is 3.49. The van der Waals surface area contributed by atoms with Gasteiger partial charge in [-0.25, -0.2) is 4.79 Å². The summed E-state index contributed by atoms with van der Waals surface area (Å²) in [6, 6.07) is 7.92. The molecule has 1 aliphatic heterocycles. The molecule has 1 heterocycles. The lowest BCUT2D eigenvalue weighted by Gasteiger charge is -2.34. The van der Waals surface area contributed by atoms with Crippen molar-refractivity contribution in [2.24, 2.45) is 5.73 Å². The van der Waals surface area contributed by atoms with Gasteiger partial charge in [0, 0.05) is 50.3 Å². The van der Waals surface area contributed by atoms with Gasteiger partial charge in [-0.1, -0.05) is 34.1 Å². The number of nitrogens with two attached hydrogens (primary N) is 1. The standard InChI is InChI=1S/C14H21BrN4O/c15-13-4-2-1-3-12(13)11-17-14(20)19-9-7-18(6-5-16)8-10-19/h1-4H,5-11,16H2,(H,17,20). The zero-order valence-corrected chi connectivity index (χ0v) is 13.1. The largest absolute Gasteiger partial charge is 0.334 e. The van der Waals surface area contributed by atoms with Gasteiger partial charge in [-0.15, -0.1) is 0 Å². The second kappa shape index (κ2) is 7.61. The van der Waals surface area contributed by atoms with Crippen LogP contribution < -0.4 is 11.1 Å². The van der Waals surface area contributed by atoms with E-state index in [-0.39, 0.29) is 6.03 Å². The fourth-order valence-electron chi connectivity index (χ4n) is 2.28. The van der Waals surface area contributed by atoms with Crippen LogP contribution in [0.1, 0.15) is 5.56 Å². The van der Waals surface area contributed by atoms with Gasteiger partial charge >= 0.3 is 6.03 Å². The molecule has 0 unspecified atom stereocenters. The Balaban J connectivity index is 1.77. The van der Waals surface area contributed by atoms with Crippen LogP contribution in [0.2, 0.25) is 0 Å². The van der Waals surface area contributed by atoms with Crippen molar-refractivity contribution >= 4 is 22.0 Å². The van der Waals surface area contributed by atoms with Gasteiger partial charge in [-0.05, 0) is 11.6 Å².